The number of amides is 1. The van der Waals surface area contributed by atoms with E-state index in [0.29, 0.717) is 18.8 Å². The smallest absolute Gasteiger partial charge is 0.238 e. The minimum atomic E-state index is -0.0862. The van der Waals surface area contributed by atoms with E-state index in [0.717, 1.165) is 34.1 Å². The minimum Gasteiger partial charge on any atom is -0.496 e. The molecule has 2 aromatic heterocycles. The van der Waals surface area contributed by atoms with Crippen molar-refractivity contribution in [2.24, 2.45) is 0 Å². The lowest BCUT2D eigenvalue weighted by Crippen LogP contribution is -2.32. The Bertz CT molecular complexity index is 1090. The number of methoxy groups -OCH3 is 1. The van der Waals surface area contributed by atoms with Gasteiger partial charge in [-0.25, -0.2) is 0 Å². The normalized spacial score (nSPS) is 11.1. The summed E-state index contributed by atoms with van der Waals surface area (Å²) in [6.45, 7) is 1.55. The zero-order valence-electron chi connectivity index (χ0n) is 15.9. The average Bonchev–Trinajstić information content (AvgIpc) is 3.40. The number of benzene rings is 2. The molecule has 2 heterocycles. The number of nitrogens with one attached hydrogen (secondary N) is 1. The topological polar surface area (TPSA) is 67.3 Å². The Balaban J connectivity index is 1.51. The lowest BCUT2D eigenvalue weighted by atomic mass is 10.2. The highest BCUT2D eigenvalue weighted by atomic mass is 32.1. The monoisotopic (exact) mass is 424 g/mol. The number of rotatable bonds is 8. The number of carbonyl (C=O) groups excluding carboxylic acids is 1. The fraction of sp³-hybridized carbons (Fsp3) is 0.190. The van der Waals surface area contributed by atoms with Gasteiger partial charge in [0.1, 0.15) is 16.8 Å². The summed E-state index contributed by atoms with van der Waals surface area (Å²) in [7, 11) is 1.66. The molecule has 1 amide bonds. The summed E-state index contributed by atoms with van der Waals surface area (Å²) in [5.41, 5.74) is 3.25. The molecule has 0 atom stereocenters. The Labute approximate surface area is 177 Å². The van der Waals surface area contributed by atoms with Gasteiger partial charge in [-0.3, -0.25) is 9.69 Å². The molecule has 0 spiro atoms. The van der Waals surface area contributed by atoms with E-state index in [2.05, 4.69) is 25.0 Å². The highest BCUT2D eigenvalue weighted by molar-refractivity contribution is 7.09. The van der Waals surface area contributed by atoms with Gasteiger partial charge in [-0.05, 0) is 29.6 Å². The van der Waals surface area contributed by atoms with Gasteiger partial charge < -0.3 is 10.1 Å². The number of aromatic nitrogens is 2. The molecular weight excluding hydrogens is 404 g/mol. The lowest BCUT2D eigenvalue weighted by molar-refractivity contribution is -0.117. The Hall–Kier alpha value is -2.81. The Kier molecular flexibility index (Phi) is 6.14. The summed E-state index contributed by atoms with van der Waals surface area (Å²) < 4.78 is 14.0. The van der Waals surface area contributed by atoms with Gasteiger partial charge in [0.2, 0.25) is 5.91 Å². The Morgan fingerprint density at radius 1 is 1.07 bits per heavy atom. The van der Waals surface area contributed by atoms with Crippen LogP contribution < -0.4 is 10.1 Å². The molecule has 0 fully saturated rings. The molecule has 0 aliphatic heterocycles. The second kappa shape index (κ2) is 9.13. The van der Waals surface area contributed by atoms with Gasteiger partial charge in [0, 0.05) is 23.5 Å². The van der Waals surface area contributed by atoms with Gasteiger partial charge in [-0.1, -0.05) is 30.3 Å². The fourth-order valence-corrected chi connectivity index (χ4v) is 4.46. The molecule has 29 heavy (non-hydrogen) atoms. The van der Waals surface area contributed by atoms with Crippen LogP contribution in [0.1, 0.15) is 10.4 Å². The van der Waals surface area contributed by atoms with Crippen LogP contribution in [-0.2, 0) is 17.9 Å². The van der Waals surface area contributed by atoms with Crippen molar-refractivity contribution in [3.8, 4) is 5.75 Å². The maximum Gasteiger partial charge on any atom is 0.238 e. The van der Waals surface area contributed by atoms with Crippen molar-refractivity contribution in [3.63, 3.8) is 0 Å². The third-order valence-corrected chi connectivity index (χ3v) is 5.88. The van der Waals surface area contributed by atoms with E-state index in [-0.39, 0.29) is 12.5 Å². The fourth-order valence-electron chi connectivity index (χ4n) is 3.16. The van der Waals surface area contributed by atoms with E-state index in [4.69, 9.17) is 4.74 Å². The van der Waals surface area contributed by atoms with Gasteiger partial charge in [0.25, 0.3) is 0 Å². The molecule has 148 valence electrons. The summed E-state index contributed by atoms with van der Waals surface area (Å²) in [6, 6.07) is 17.6. The van der Waals surface area contributed by atoms with Crippen LogP contribution >= 0.6 is 23.1 Å². The number of nitrogens with zero attached hydrogens (tertiary/aromatic N) is 3. The van der Waals surface area contributed by atoms with E-state index in [9.17, 15) is 4.79 Å². The van der Waals surface area contributed by atoms with E-state index < -0.39 is 0 Å². The number of fused-ring (bicyclic) bond motifs is 1. The highest BCUT2D eigenvalue weighted by Gasteiger charge is 2.16. The molecule has 0 aliphatic rings. The number of anilines is 1. The van der Waals surface area contributed by atoms with Crippen LogP contribution in [0.4, 0.5) is 5.69 Å². The number of carbonyl (C=O) groups is 1. The van der Waals surface area contributed by atoms with Crippen LogP contribution in [0.25, 0.3) is 11.0 Å². The van der Waals surface area contributed by atoms with E-state index in [1.54, 1.807) is 18.4 Å². The molecular formula is C21H20N4O2S2. The first-order valence-electron chi connectivity index (χ1n) is 9.10. The summed E-state index contributed by atoms with van der Waals surface area (Å²) in [4.78, 5) is 16.2. The molecule has 1 N–H and O–H groups in total. The first-order valence-corrected chi connectivity index (χ1v) is 10.7. The van der Waals surface area contributed by atoms with Gasteiger partial charge in [-0.15, -0.1) is 11.3 Å². The Morgan fingerprint density at radius 2 is 1.97 bits per heavy atom. The van der Waals surface area contributed by atoms with Crippen LogP contribution in [0.2, 0.25) is 0 Å². The predicted octanol–water partition coefficient (Wildman–Crippen LogP) is 4.40. The third kappa shape index (κ3) is 4.79. The number of hydrogen-bond acceptors (Lipinski definition) is 7. The summed E-state index contributed by atoms with van der Waals surface area (Å²) >= 11 is 2.83. The third-order valence-electron chi connectivity index (χ3n) is 4.47. The van der Waals surface area contributed by atoms with Crippen molar-refractivity contribution < 1.29 is 9.53 Å². The summed E-state index contributed by atoms with van der Waals surface area (Å²) in [6.07, 6.45) is 0. The van der Waals surface area contributed by atoms with Crippen molar-refractivity contribution in [3.05, 3.63) is 70.4 Å². The average molecular weight is 425 g/mol. The molecule has 0 bridgehead atoms. The van der Waals surface area contributed by atoms with Crippen LogP contribution in [0, 0.1) is 0 Å². The first kappa shape index (κ1) is 19.5. The zero-order valence-corrected chi connectivity index (χ0v) is 17.5. The van der Waals surface area contributed by atoms with Crippen LogP contribution in [0.3, 0.4) is 0 Å². The molecule has 0 saturated carbocycles. The van der Waals surface area contributed by atoms with Crippen LogP contribution in [-0.4, -0.2) is 33.2 Å². The van der Waals surface area contributed by atoms with E-state index in [1.807, 2.05) is 53.9 Å². The standard InChI is InChI=1S/C21H20N4O2S2/c1-27-19-10-3-2-6-15(19)12-25(13-16-7-5-11-28-16)14-20(26)22-17-8-4-9-18-21(17)24-29-23-18/h2-11H,12-14H2,1H3,(H,22,26). The second-order valence-corrected chi connectivity index (χ2v) is 8.08. The van der Waals surface area contributed by atoms with Crippen molar-refractivity contribution in [2.45, 2.75) is 13.1 Å². The second-order valence-electron chi connectivity index (χ2n) is 6.52. The molecule has 0 radical (unpaired) electrons. The maximum atomic E-state index is 12.8. The lowest BCUT2D eigenvalue weighted by Gasteiger charge is -2.22. The van der Waals surface area contributed by atoms with E-state index in [1.165, 1.54) is 4.88 Å². The van der Waals surface area contributed by atoms with Crippen molar-refractivity contribution in [2.75, 3.05) is 19.0 Å². The van der Waals surface area contributed by atoms with Crippen LogP contribution in [0.5, 0.6) is 5.75 Å². The Morgan fingerprint density at radius 3 is 2.79 bits per heavy atom. The molecule has 0 aliphatic carbocycles. The number of ether oxygens (including phenoxy) is 1. The summed E-state index contributed by atoms with van der Waals surface area (Å²) in [5, 5.41) is 5.04. The maximum absolute atomic E-state index is 12.8. The molecule has 2 aromatic carbocycles. The largest absolute Gasteiger partial charge is 0.496 e. The number of thiophene rings is 1. The van der Waals surface area contributed by atoms with Gasteiger partial charge in [-0.2, -0.15) is 8.75 Å². The van der Waals surface area contributed by atoms with Gasteiger partial charge in [0.05, 0.1) is 31.1 Å². The highest BCUT2D eigenvalue weighted by Crippen LogP contribution is 2.23. The summed E-state index contributed by atoms with van der Waals surface area (Å²) in [5.74, 6) is 0.736. The number of para-hydroxylation sites is 1. The molecule has 6 nitrogen and oxygen atoms in total. The molecule has 4 rings (SSSR count). The van der Waals surface area contributed by atoms with Gasteiger partial charge in [0.15, 0.2) is 0 Å². The van der Waals surface area contributed by atoms with Crippen LogP contribution in [0.15, 0.2) is 60.0 Å². The molecule has 8 heteroatoms. The van der Waals surface area contributed by atoms with Crippen molar-refractivity contribution in [1.82, 2.24) is 13.6 Å². The number of hydrogen-bond donors (Lipinski definition) is 1. The van der Waals surface area contributed by atoms with Crippen molar-refractivity contribution in [1.29, 1.82) is 0 Å². The first-order chi connectivity index (χ1) is 14.2. The SMILES string of the molecule is COc1ccccc1CN(CC(=O)Nc1cccc2nsnc12)Cc1cccs1. The quantitative estimate of drug-likeness (QED) is 0.454. The van der Waals surface area contributed by atoms with Gasteiger partial charge >= 0.3 is 0 Å². The predicted molar refractivity (Wildman–Crippen MR) is 117 cm³/mol. The minimum absolute atomic E-state index is 0.0862. The van der Waals surface area contributed by atoms with E-state index >= 15 is 0 Å². The zero-order chi connectivity index (χ0) is 20.1. The molecule has 4 aromatic rings. The molecule has 0 saturated heterocycles. The van der Waals surface area contributed by atoms with Crippen molar-refractivity contribution >= 4 is 45.7 Å². The molecule has 0 unspecified atom stereocenters.